The van der Waals surface area contributed by atoms with Gasteiger partial charge in [0.05, 0.1) is 0 Å². The fourth-order valence-corrected chi connectivity index (χ4v) is 2.13. The summed E-state index contributed by atoms with van der Waals surface area (Å²) >= 11 is 1.45. The average Bonchev–Trinajstić information content (AvgIpc) is 2.70. The summed E-state index contributed by atoms with van der Waals surface area (Å²) in [5.74, 6) is 1.28. The number of nitrogen functional groups attached to an aromatic ring is 1. The van der Waals surface area contributed by atoms with Crippen LogP contribution in [0.15, 0.2) is 16.5 Å². The van der Waals surface area contributed by atoms with Crippen LogP contribution in [0.25, 0.3) is 0 Å². The van der Waals surface area contributed by atoms with Crippen molar-refractivity contribution < 1.29 is 0 Å². The first-order valence-electron chi connectivity index (χ1n) is 5.26. The molecule has 2 heterocycles. The van der Waals surface area contributed by atoms with Gasteiger partial charge in [-0.3, -0.25) is 0 Å². The van der Waals surface area contributed by atoms with Crippen molar-refractivity contribution in [3.05, 3.63) is 17.7 Å². The molecule has 0 aliphatic rings. The van der Waals surface area contributed by atoms with E-state index in [1.165, 1.54) is 11.8 Å². The maximum atomic E-state index is 5.86. The summed E-state index contributed by atoms with van der Waals surface area (Å²) in [5, 5.41) is 9.47. The van der Waals surface area contributed by atoms with Gasteiger partial charge in [0, 0.05) is 19.0 Å². The average molecular weight is 250 g/mol. The number of hydrogen-bond acceptors (Lipinski definition) is 6. The molecule has 0 aliphatic carbocycles. The van der Waals surface area contributed by atoms with Crippen molar-refractivity contribution in [2.24, 2.45) is 7.05 Å². The van der Waals surface area contributed by atoms with Gasteiger partial charge in [0.15, 0.2) is 5.16 Å². The Bertz CT molecular complexity index is 536. The van der Waals surface area contributed by atoms with E-state index in [-0.39, 0.29) is 0 Å². The number of nitrogens with zero attached hydrogens (tertiary/aromatic N) is 5. The normalized spacial score (nSPS) is 10.8. The third-order valence-corrected chi connectivity index (χ3v) is 3.50. The van der Waals surface area contributed by atoms with Crippen molar-refractivity contribution in [2.45, 2.75) is 30.5 Å². The Kier molecular flexibility index (Phi) is 3.28. The van der Waals surface area contributed by atoms with Crippen molar-refractivity contribution in [3.63, 3.8) is 0 Å². The van der Waals surface area contributed by atoms with Gasteiger partial charge in [0.1, 0.15) is 23.0 Å². The van der Waals surface area contributed by atoms with Crippen molar-refractivity contribution in [1.82, 2.24) is 24.7 Å². The molecule has 0 aliphatic heterocycles. The Hall–Kier alpha value is -1.63. The van der Waals surface area contributed by atoms with Crippen molar-refractivity contribution in [1.29, 1.82) is 0 Å². The van der Waals surface area contributed by atoms with Crippen LogP contribution in [0, 0.1) is 6.92 Å². The molecule has 2 N–H and O–H groups in total. The minimum absolute atomic E-state index is 0.529. The summed E-state index contributed by atoms with van der Waals surface area (Å²) in [5.41, 5.74) is 6.74. The quantitative estimate of drug-likeness (QED) is 0.824. The lowest BCUT2D eigenvalue weighted by atomic mass is 10.3. The van der Waals surface area contributed by atoms with Crippen LogP contribution in [0.1, 0.15) is 18.3 Å². The molecule has 0 fully saturated rings. The summed E-state index contributed by atoms with van der Waals surface area (Å²) in [6.45, 7) is 3.91. The molecule has 2 aromatic heterocycles. The number of hydrogen-bond donors (Lipinski definition) is 1. The van der Waals surface area contributed by atoms with Gasteiger partial charge in [0.2, 0.25) is 0 Å². The molecule has 0 saturated heterocycles. The molecule has 0 atom stereocenters. The SMILES string of the molecule is CCc1nc(N)c(C)c(Sc2nncn2C)n1. The predicted octanol–water partition coefficient (Wildman–Crippen LogP) is 1.21. The molecule has 2 rings (SSSR count). The lowest BCUT2D eigenvalue weighted by Crippen LogP contribution is -2.04. The molecule has 17 heavy (non-hydrogen) atoms. The van der Waals surface area contributed by atoms with Gasteiger partial charge in [-0.1, -0.05) is 6.92 Å². The maximum Gasteiger partial charge on any atom is 0.197 e. The Balaban J connectivity index is 2.38. The second-order valence-corrected chi connectivity index (χ2v) is 4.59. The van der Waals surface area contributed by atoms with Crippen LogP contribution in [0.2, 0.25) is 0 Å². The highest BCUT2D eigenvalue weighted by Gasteiger charge is 2.12. The van der Waals surface area contributed by atoms with E-state index in [1.807, 2.05) is 25.5 Å². The smallest absolute Gasteiger partial charge is 0.197 e. The van der Waals surface area contributed by atoms with Crippen LogP contribution in [-0.4, -0.2) is 24.7 Å². The van der Waals surface area contributed by atoms with Gasteiger partial charge >= 0.3 is 0 Å². The molecule has 0 radical (unpaired) electrons. The number of nitrogens with two attached hydrogens (primary N) is 1. The van der Waals surface area contributed by atoms with Gasteiger partial charge in [-0.15, -0.1) is 10.2 Å². The molecular weight excluding hydrogens is 236 g/mol. The summed E-state index contributed by atoms with van der Waals surface area (Å²) in [4.78, 5) is 8.67. The zero-order valence-corrected chi connectivity index (χ0v) is 10.8. The van der Waals surface area contributed by atoms with Gasteiger partial charge in [0.25, 0.3) is 0 Å². The molecule has 7 heteroatoms. The highest BCUT2D eigenvalue weighted by molar-refractivity contribution is 7.99. The molecular formula is C10H14N6S. The first-order chi connectivity index (χ1) is 8.11. The van der Waals surface area contributed by atoms with Crippen molar-refractivity contribution >= 4 is 17.6 Å². The third kappa shape index (κ3) is 2.38. The fraction of sp³-hybridized carbons (Fsp3) is 0.400. The first kappa shape index (κ1) is 11.8. The predicted molar refractivity (Wildman–Crippen MR) is 65.7 cm³/mol. The summed E-state index contributed by atoms with van der Waals surface area (Å²) in [6.07, 6.45) is 2.42. The van der Waals surface area contributed by atoms with Crippen LogP contribution in [0.4, 0.5) is 5.82 Å². The van der Waals surface area contributed by atoms with Gasteiger partial charge in [-0.25, -0.2) is 9.97 Å². The maximum absolute atomic E-state index is 5.86. The lowest BCUT2D eigenvalue weighted by Gasteiger charge is -2.07. The van der Waals surface area contributed by atoms with Crippen LogP contribution in [0.3, 0.4) is 0 Å². The topological polar surface area (TPSA) is 82.5 Å². The van der Waals surface area contributed by atoms with E-state index in [4.69, 9.17) is 5.73 Å². The fourth-order valence-electron chi connectivity index (χ4n) is 1.27. The lowest BCUT2D eigenvalue weighted by molar-refractivity contribution is 0.784. The van der Waals surface area contributed by atoms with Crippen LogP contribution < -0.4 is 5.73 Å². The zero-order valence-electron chi connectivity index (χ0n) is 10.0. The molecule has 0 spiro atoms. The van der Waals surface area contributed by atoms with Crippen molar-refractivity contribution in [3.8, 4) is 0 Å². The van der Waals surface area contributed by atoms with Crippen LogP contribution >= 0.6 is 11.8 Å². The van der Waals surface area contributed by atoms with Gasteiger partial charge in [-0.05, 0) is 18.7 Å². The van der Waals surface area contributed by atoms with E-state index in [1.54, 1.807) is 6.33 Å². The molecule has 0 bridgehead atoms. The van der Waals surface area contributed by atoms with E-state index in [0.29, 0.717) is 5.82 Å². The summed E-state index contributed by atoms with van der Waals surface area (Å²) in [6, 6.07) is 0. The number of aryl methyl sites for hydroxylation is 2. The van der Waals surface area contributed by atoms with Gasteiger partial charge < -0.3 is 10.3 Å². The van der Waals surface area contributed by atoms with Crippen molar-refractivity contribution in [2.75, 3.05) is 5.73 Å². The molecule has 0 unspecified atom stereocenters. The van der Waals surface area contributed by atoms with Crippen LogP contribution in [0.5, 0.6) is 0 Å². The Labute approximate surface area is 104 Å². The highest BCUT2D eigenvalue weighted by Crippen LogP contribution is 2.28. The molecule has 2 aromatic rings. The van der Waals surface area contributed by atoms with E-state index >= 15 is 0 Å². The molecule has 0 aromatic carbocycles. The van der Waals surface area contributed by atoms with Crippen LogP contribution in [-0.2, 0) is 13.5 Å². The third-order valence-electron chi connectivity index (χ3n) is 2.36. The molecule has 0 saturated carbocycles. The van der Waals surface area contributed by atoms with E-state index in [0.717, 1.165) is 28.0 Å². The number of aromatic nitrogens is 5. The second-order valence-electron chi connectivity index (χ2n) is 3.64. The minimum atomic E-state index is 0.529. The molecule has 6 nitrogen and oxygen atoms in total. The number of anilines is 1. The van der Waals surface area contributed by atoms with E-state index in [2.05, 4.69) is 20.2 Å². The Morgan fingerprint density at radius 3 is 2.76 bits per heavy atom. The highest BCUT2D eigenvalue weighted by atomic mass is 32.2. The largest absolute Gasteiger partial charge is 0.383 e. The molecule has 90 valence electrons. The second kappa shape index (κ2) is 4.70. The molecule has 0 amide bonds. The van der Waals surface area contributed by atoms with E-state index in [9.17, 15) is 0 Å². The summed E-state index contributed by atoms with van der Waals surface area (Å²) in [7, 11) is 1.89. The first-order valence-corrected chi connectivity index (χ1v) is 6.08. The van der Waals surface area contributed by atoms with Gasteiger partial charge in [-0.2, -0.15) is 0 Å². The van der Waals surface area contributed by atoms with E-state index < -0.39 is 0 Å². The zero-order chi connectivity index (χ0) is 12.4. The Morgan fingerprint density at radius 2 is 2.18 bits per heavy atom. The minimum Gasteiger partial charge on any atom is -0.383 e. The standard InChI is InChI=1S/C10H14N6S/c1-4-7-13-8(11)6(2)9(14-7)17-10-15-12-5-16(10)3/h5H,4H2,1-3H3,(H2,11,13,14). The number of rotatable bonds is 3. The Morgan fingerprint density at radius 1 is 1.41 bits per heavy atom. The monoisotopic (exact) mass is 250 g/mol. The summed E-state index contributed by atoms with van der Waals surface area (Å²) < 4.78 is 1.84.